The zero-order valence-corrected chi connectivity index (χ0v) is 13.0. The van der Waals surface area contributed by atoms with Gasteiger partial charge in [-0.15, -0.1) is 5.10 Å². The van der Waals surface area contributed by atoms with Crippen molar-refractivity contribution < 1.29 is 14.3 Å². The maximum atomic E-state index is 11.8. The van der Waals surface area contributed by atoms with Crippen LogP contribution in [0.15, 0.2) is 24.4 Å². The van der Waals surface area contributed by atoms with E-state index in [0.29, 0.717) is 24.5 Å². The molecule has 0 atom stereocenters. The number of carbonyl (C=O) groups is 1. The fourth-order valence-corrected chi connectivity index (χ4v) is 2.04. The topological polar surface area (TPSA) is 78.3 Å². The lowest BCUT2D eigenvalue weighted by Crippen LogP contribution is -2.30. The van der Waals surface area contributed by atoms with Gasteiger partial charge in [-0.25, -0.2) is 4.68 Å². The lowest BCUT2D eigenvalue weighted by molar-refractivity contribution is -0.121. The van der Waals surface area contributed by atoms with Gasteiger partial charge in [0.1, 0.15) is 6.54 Å². The highest BCUT2D eigenvalue weighted by Crippen LogP contribution is 2.27. The Morgan fingerprint density at radius 2 is 2.05 bits per heavy atom. The number of hydrogen-bond donors (Lipinski definition) is 1. The van der Waals surface area contributed by atoms with Crippen molar-refractivity contribution in [3.8, 4) is 11.5 Å². The van der Waals surface area contributed by atoms with Crippen molar-refractivity contribution in [2.75, 3.05) is 20.8 Å². The minimum absolute atomic E-state index is 0.0888. The molecule has 1 aromatic carbocycles. The summed E-state index contributed by atoms with van der Waals surface area (Å²) in [5.41, 5.74) is 1.92. The molecule has 0 aliphatic heterocycles. The molecule has 0 spiro atoms. The van der Waals surface area contributed by atoms with Crippen LogP contribution in [0.5, 0.6) is 11.5 Å². The van der Waals surface area contributed by atoms with E-state index in [2.05, 4.69) is 15.6 Å². The first-order valence-electron chi connectivity index (χ1n) is 6.96. The molecule has 7 heteroatoms. The number of nitrogens with zero attached hydrogens (tertiary/aromatic N) is 3. The van der Waals surface area contributed by atoms with E-state index in [-0.39, 0.29) is 12.5 Å². The number of aromatic nitrogens is 3. The molecule has 2 aromatic rings. The van der Waals surface area contributed by atoms with Crippen molar-refractivity contribution in [3.63, 3.8) is 0 Å². The van der Waals surface area contributed by atoms with Gasteiger partial charge in [0, 0.05) is 6.54 Å². The maximum Gasteiger partial charge on any atom is 0.241 e. The van der Waals surface area contributed by atoms with Crippen LogP contribution in [-0.2, 0) is 17.8 Å². The molecule has 118 valence electrons. The van der Waals surface area contributed by atoms with Crippen LogP contribution in [0.25, 0.3) is 0 Å². The third-order valence-electron chi connectivity index (χ3n) is 3.29. The highest BCUT2D eigenvalue weighted by molar-refractivity contribution is 5.75. The van der Waals surface area contributed by atoms with Crippen LogP contribution in [0.1, 0.15) is 11.3 Å². The van der Waals surface area contributed by atoms with Gasteiger partial charge in [0.05, 0.1) is 26.1 Å². The number of amides is 1. The highest BCUT2D eigenvalue weighted by atomic mass is 16.5. The van der Waals surface area contributed by atoms with E-state index >= 15 is 0 Å². The van der Waals surface area contributed by atoms with Crippen LogP contribution in [0.3, 0.4) is 0 Å². The number of benzene rings is 1. The summed E-state index contributed by atoms with van der Waals surface area (Å²) >= 11 is 0. The molecule has 0 unspecified atom stereocenters. The Morgan fingerprint density at radius 1 is 1.27 bits per heavy atom. The van der Waals surface area contributed by atoms with Gasteiger partial charge in [-0.05, 0) is 31.0 Å². The summed E-state index contributed by atoms with van der Waals surface area (Å²) in [5.74, 6) is 1.29. The Hall–Kier alpha value is -2.57. The standard InChI is InChI=1S/C15H20N4O3/c1-11-9-17-18-19(11)10-15(20)16-7-6-12-4-5-13(21-2)14(8-12)22-3/h4-5,8-9H,6-7,10H2,1-3H3,(H,16,20). The second-order valence-electron chi connectivity index (χ2n) is 4.82. The van der Waals surface area contributed by atoms with Crippen molar-refractivity contribution in [2.45, 2.75) is 19.9 Å². The zero-order valence-electron chi connectivity index (χ0n) is 13.0. The van der Waals surface area contributed by atoms with Gasteiger partial charge in [-0.3, -0.25) is 4.79 Å². The molecule has 0 aliphatic rings. The SMILES string of the molecule is COc1ccc(CCNC(=O)Cn2nncc2C)cc1OC. The predicted molar refractivity (Wildman–Crippen MR) is 81.0 cm³/mol. The van der Waals surface area contributed by atoms with Crippen molar-refractivity contribution in [1.29, 1.82) is 0 Å². The van der Waals surface area contributed by atoms with Gasteiger partial charge >= 0.3 is 0 Å². The van der Waals surface area contributed by atoms with Crippen LogP contribution >= 0.6 is 0 Å². The molecule has 7 nitrogen and oxygen atoms in total. The molecular weight excluding hydrogens is 284 g/mol. The third kappa shape index (κ3) is 3.97. The molecule has 0 fully saturated rings. The molecule has 22 heavy (non-hydrogen) atoms. The van der Waals surface area contributed by atoms with Gasteiger partial charge in [0.2, 0.25) is 5.91 Å². The number of aryl methyl sites for hydroxylation is 1. The summed E-state index contributed by atoms with van der Waals surface area (Å²) < 4.78 is 12.0. The number of rotatable bonds is 7. The first-order chi connectivity index (χ1) is 10.6. The average Bonchev–Trinajstić information content (AvgIpc) is 2.92. The number of hydrogen-bond acceptors (Lipinski definition) is 5. The number of methoxy groups -OCH3 is 2. The minimum atomic E-state index is -0.0888. The van der Waals surface area contributed by atoms with Crippen LogP contribution in [-0.4, -0.2) is 41.7 Å². The van der Waals surface area contributed by atoms with E-state index < -0.39 is 0 Å². The second kappa shape index (κ2) is 7.44. The lowest BCUT2D eigenvalue weighted by Gasteiger charge is -2.10. The molecule has 1 amide bonds. The molecule has 0 saturated heterocycles. The summed E-state index contributed by atoms with van der Waals surface area (Å²) in [6, 6.07) is 5.72. The quantitative estimate of drug-likeness (QED) is 0.824. The molecule has 0 bridgehead atoms. The van der Waals surface area contributed by atoms with Crippen LogP contribution in [0.4, 0.5) is 0 Å². The molecule has 1 aromatic heterocycles. The maximum absolute atomic E-state index is 11.8. The summed E-state index contributed by atoms with van der Waals surface area (Å²) in [7, 11) is 3.20. The largest absolute Gasteiger partial charge is 0.493 e. The minimum Gasteiger partial charge on any atom is -0.493 e. The van der Waals surface area contributed by atoms with Crippen molar-refractivity contribution >= 4 is 5.91 Å². The molecule has 1 N–H and O–H groups in total. The van der Waals surface area contributed by atoms with E-state index in [1.54, 1.807) is 25.1 Å². The van der Waals surface area contributed by atoms with Crippen LogP contribution < -0.4 is 14.8 Å². The van der Waals surface area contributed by atoms with E-state index in [0.717, 1.165) is 11.3 Å². The number of carbonyl (C=O) groups excluding carboxylic acids is 1. The zero-order chi connectivity index (χ0) is 15.9. The molecule has 0 saturated carbocycles. The van der Waals surface area contributed by atoms with E-state index in [4.69, 9.17) is 9.47 Å². The van der Waals surface area contributed by atoms with Gasteiger partial charge in [0.25, 0.3) is 0 Å². The Labute approximate surface area is 129 Å². The summed E-state index contributed by atoms with van der Waals surface area (Å²) in [6.07, 6.45) is 2.33. The fraction of sp³-hybridized carbons (Fsp3) is 0.400. The van der Waals surface area contributed by atoms with Gasteiger partial charge < -0.3 is 14.8 Å². The average molecular weight is 304 g/mol. The highest BCUT2D eigenvalue weighted by Gasteiger charge is 2.07. The molecular formula is C15H20N4O3. The fourth-order valence-electron chi connectivity index (χ4n) is 2.04. The Balaban J connectivity index is 1.83. The Bertz CT molecular complexity index is 639. The first-order valence-corrected chi connectivity index (χ1v) is 6.96. The van der Waals surface area contributed by atoms with E-state index in [9.17, 15) is 4.79 Å². The summed E-state index contributed by atoms with van der Waals surface area (Å²) in [5, 5.41) is 10.4. The molecule has 0 aliphatic carbocycles. The van der Waals surface area contributed by atoms with E-state index in [1.807, 2.05) is 25.1 Å². The van der Waals surface area contributed by atoms with Gasteiger partial charge in [0.15, 0.2) is 11.5 Å². The smallest absolute Gasteiger partial charge is 0.241 e. The molecule has 2 rings (SSSR count). The van der Waals surface area contributed by atoms with Crippen molar-refractivity contribution in [3.05, 3.63) is 35.7 Å². The van der Waals surface area contributed by atoms with Crippen LogP contribution in [0.2, 0.25) is 0 Å². The first kappa shape index (κ1) is 15.8. The Kier molecular flexibility index (Phi) is 5.35. The van der Waals surface area contributed by atoms with Gasteiger partial charge in [-0.2, -0.15) is 0 Å². The van der Waals surface area contributed by atoms with Crippen molar-refractivity contribution in [2.24, 2.45) is 0 Å². The Morgan fingerprint density at radius 3 is 2.68 bits per heavy atom. The summed E-state index contributed by atoms with van der Waals surface area (Å²) in [6.45, 7) is 2.58. The third-order valence-corrected chi connectivity index (χ3v) is 3.29. The monoisotopic (exact) mass is 304 g/mol. The number of nitrogens with one attached hydrogen (secondary N) is 1. The summed E-state index contributed by atoms with van der Waals surface area (Å²) in [4.78, 5) is 11.8. The molecule has 0 radical (unpaired) electrons. The predicted octanol–water partition coefficient (Wildman–Crippen LogP) is 0.963. The van der Waals surface area contributed by atoms with E-state index in [1.165, 1.54) is 0 Å². The number of ether oxygens (including phenoxy) is 2. The van der Waals surface area contributed by atoms with Crippen molar-refractivity contribution in [1.82, 2.24) is 20.3 Å². The van der Waals surface area contributed by atoms with Crippen LogP contribution in [0, 0.1) is 6.92 Å². The lowest BCUT2D eigenvalue weighted by atomic mass is 10.1. The van der Waals surface area contributed by atoms with Gasteiger partial charge in [-0.1, -0.05) is 11.3 Å². The second-order valence-corrected chi connectivity index (χ2v) is 4.82. The molecule has 1 heterocycles. The normalized spacial score (nSPS) is 10.3.